The molecular weight excluding hydrogens is 278 g/mol. The normalized spacial score (nSPS) is 12.9. The standard InChI is InChI=1S/C17H21N3S/c1-3-18-11-15(14-6-4-5-13(2)9-14)10-16-12-20-7-8-21-17(20)19-16/h4-9,12,15,18H,3,10-11H2,1-2H3. The van der Waals surface area contributed by atoms with Gasteiger partial charge in [-0.3, -0.25) is 4.40 Å². The van der Waals surface area contributed by atoms with Crippen molar-refractivity contribution in [3.63, 3.8) is 0 Å². The van der Waals surface area contributed by atoms with Crippen LogP contribution in [-0.2, 0) is 6.42 Å². The molecule has 3 aromatic rings. The van der Waals surface area contributed by atoms with E-state index in [1.807, 2.05) is 0 Å². The van der Waals surface area contributed by atoms with E-state index < -0.39 is 0 Å². The van der Waals surface area contributed by atoms with Crippen molar-refractivity contribution in [2.45, 2.75) is 26.2 Å². The minimum absolute atomic E-state index is 0.467. The third-order valence-corrected chi connectivity index (χ3v) is 4.52. The summed E-state index contributed by atoms with van der Waals surface area (Å²) in [6.45, 7) is 6.30. The Morgan fingerprint density at radius 1 is 1.38 bits per heavy atom. The Kier molecular flexibility index (Phi) is 4.36. The molecular formula is C17H21N3S. The first kappa shape index (κ1) is 14.3. The summed E-state index contributed by atoms with van der Waals surface area (Å²) in [5.41, 5.74) is 3.89. The molecule has 0 aliphatic carbocycles. The first-order valence-electron chi connectivity index (χ1n) is 7.44. The van der Waals surface area contributed by atoms with Gasteiger partial charge in [0.15, 0.2) is 4.96 Å². The van der Waals surface area contributed by atoms with Crippen LogP contribution >= 0.6 is 11.3 Å². The molecule has 1 unspecified atom stereocenters. The van der Waals surface area contributed by atoms with E-state index in [9.17, 15) is 0 Å². The molecule has 0 amide bonds. The molecule has 0 aliphatic rings. The highest BCUT2D eigenvalue weighted by molar-refractivity contribution is 7.15. The van der Waals surface area contributed by atoms with Crippen LogP contribution in [0.4, 0.5) is 0 Å². The zero-order valence-electron chi connectivity index (χ0n) is 12.5. The summed E-state index contributed by atoms with van der Waals surface area (Å²) in [5.74, 6) is 0.467. The largest absolute Gasteiger partial charge is 0.316 e. The molecule has 3 nitrogen and oxygen atoms in total. The monoisotopic (exact) mass is 299 g/mol. The first-order valence-corrected chi connectivity index (χ1v) is 8.32. The minimum Gasteiger partial charge on any atom is -0.316 e. The molecule has 3 rings (SSSR count). The summed E-state index contributed by atoms with van der Waals surface area (Å²) in [6, 6.07) is 8.82. The Hall–Kier alpha value is -1.65. The van der Waals surface area contributed by atoms with Gasteiger partial charge in [-0.2, -0.15) is 0 Å². The molecule has 110 valence electrons. The van der Waals surface area contributed by atoms with Crippen molar-refractivity contribution in [1.29, 1.82) is 0 Å². The summed E-state index contributed by atoms with van der Waals surface area (Å²) in [7, 11) is 0. The highest BCUT2D eigenvalue weighted by atomic mass is 32.1. The fraction of sp³-hybridized carbons (Fsp3) is 0.353. The third-order valence-electron chi connectivity index (χ3n) is 3.75. The Balaban J connectivity index is 1.83. The van der Waals surface area contributed by atoms with Crippen molar-refractivity contribution < 1.29 is 0 Å². The van der Waals surface area contributed by atoms with E-state index >= 15 is 0 Å². The van der Waals surface area contributed by atoms with Crippen molar-refractivity contribution in [2.75, 3.05) is 13.1 Å². The second kappa shape index (κ2) is 6.41. The molecule has 21 heavy (non-hydrogen) atoms. The van der Waals surface area contributed by atoms with E-state index in [0.29, 0.717) is 5.92 Å². The Bertz CT molecular complexity index is 685. The number of nitrogens with one attached hydrogen (secondary N) is 1. The Morgan fingerprint density at radius 3 is 3.05 bits per heavy atom. The van der Waals surface area contributed by atoms with Crippen LogP contribution in [0.15, 0.2) is 42.0 Å². The van der Waals surface area contributed by atoms with Gasteiger partial charge in [0.25, 0.3) is 0 Å². The number of fused-ring (bicyclic) bond motifs is 1. The average molecular weight is 299 g/mol. The van der Waals surface area contributed by atoms with Crippen molar-refractivity contribution in [3.8, 4) is 0 Å². The summed E-state index contributed by atoms with van der Waals surface area (Å²) >= 11 is 1.69. The number of hydrogen-bond donors (Lipinski definition) is 1. The summed E-state index contributed by atoms with van der Waals surface area (Å²) in [6.07, 6.45) is 5.20. The molecule has 0 bridgehead atoms. The second-order valence-electron chi connectivity index (χ2n) is 5.45. The van der Waals surface area contributed by atoms with Crippen LogP contribution in [0, 0.1) is 6.92 Å². The summed E-state index contributed by atoms with van der Waals surface area (Å²) in [4.78, 5) is 5.80. The number of benzene rings is 1. The van der Waals surface area contributed by atoms with E-state index in [0.717, 1.165) is 24.5 Å². The SMILES string of the molecule is CCNCC(Cc1cn2ccsc2n1)c1cccc(C)c1. The number of thiazole rings is 1. The van der Waals surface area contributed by atoms with E-state index in [2.05, 4.69) is 65.6 Å². The van der Waals surface area contributed by atoms with Crippen LogP contribution in [-0.4, -0.2) is 22.5 Å². The minimum atomic E-state index is 0.467. The number of rotatable bonds is 6. The second-order valence-corrected chi connectivity index (χ2v) is 6.32. The van der Waals surface area contributed by atoms with Crippen LogP contribution in [0.5, 0.6) is 0 Å². The molecule has 2 aromatic heterocycles. The number of likely N-dealkylation sites (N-methyl/N-ethyl adjacent to an activating group) is 1. The highest BCUT2D eigenvalue weighted by Crippen LogP contribution is 2.22. The lowest BCUT2D eigenvalue weighted by molar-refractivity contribution is 0.590. The summed E-state index contributed by atoms with van der Waals surface area (Å²) < 4.78 is 2.11. The third kappa shape index (κ3) is 3.34. The lowest BCUT2D eigenvalue weighted by Gasteiger charge is -2.17. The molecule has 1 N–H and O–H groups in total. The smallest absolute Gasteiger partial charge is 0.193 e. The Morgan fingerprint density at radius 2 is 2.29 bits per heavy atom. The molecule has 0 aliphatic heterocycles. The van der Waals surface area contributed by atoms with E-state index in [1.165, 1.54) is 16.8 Å². The molecule has 0 saturated carbocycles. The van der Waals surface area contributed by atoms with Crippen LogP contribution < -0.4 is 5.32 Å². The van der Waals surface area contributed by atoms with Gasteiger partial charge in [0, 0.05) is 30.2 Å². The number of hydrogen-bond acceptors (Lipinski definition) is 3. The molecule has 0 spiro atoms. The van der Waals surface area contributed by atoms with Gasteiger partial charge in [-0.1, -0.05) is 36.8 Å². The van der Waals surface area contributed by atoms with Crippen molar-refractivity contribution in [3.05, 3.63) is 58.9 Å². The number of aryl methyl sites for hydroxylation is 1. The van der Waals surface area contributed by atoms with Gasteiger partial charge >= 0.3 is 0 Å². The van der Waals surface area contributed by atoms with Crippen molar-refractivity contribution >= 4 is 16.3 Å². The maximum atomic E-state index is 4.72. The zero-order valence-corrected chi connectivity index (χ0v) is 13.4. The number of aromatic nitrogens is 2. The average Bonchev–Trinajstić information content (AvgIpc) is 3.04. The lowest BCUT2D eigenvalue weighted by Crippen LogP contribution is -2.22. The number of imidazole rings is 1. The van der Waals surface area contributed by atoms with Gasteiger partial charge in [0.05, 0.1) is 5.69 Å². The molecule has 0 saturated heterocycles. The van der Waals surface area contributed by atoms with Gasteiger partial charge in [-0.25, -0.2) is 4.98 Å². The first-order chi connectivity index (χ1) is 10.3. The number of nitrogens with zero attached hydrogens (tertiary/aromatic N) is 2. The van der Waals surface area contributed by atoms with Gasteiger partial charge in [0.2, 0.25) is 0 Å². The van der Waals surface area contributed by atoms with Gasteiger partial charge in [-0.05, 0) is 25.5 Å². The Labute approximate surface area is 129 Å². The molecule has 1 aromatic carbocycles. The van der Waals surface area contributed by atoms with E-state index in [4.69, 9.17) is 4.98 Å². The summed E-state index contributed by atoms with van der Waals surface area (Å²) in [5, 5.41) is 5.55. The fourth-order valence-corrected chi connectivity index (χ4v) is 3.40. The maximum Gasteiger partial charge on any atom is 0.193 e. The maximum absolute atomic E-state index is 4.72. The van der Waals surface area contributed by atoms with Crippen molar-refractivity contribution in [2.24, 2.45) is 0 Å². The molecule has 2 heterocycles. The quantitative estimate of drug-likeness (QED) is 0.753. The van der Waals surface area contributed by atoms with Crippen LogP contribution in [0.1, 0.15) is 29.7 Å². The predicted molar refractivity (Wildman–Crippen MR) is 89.2 cm³/mol. The zero-order chi connectivity index (χ0) is 14.7. The molecule has 0 fully saturated rings. The van der Waals surface area contributed by atoms with Gasteiger partial charge < -0.3 is 5.32 Å². The fourth-order valence-electron chi connectivity index (χ4n) is 2.68. The molecule has 4 heteroatoms. The lowest BCUT2D eigenvalue weighted by atomic mass is 9.93. The highest BCUT2D eigenvalue weighted by Gasteiger charge is 2.14. The molecule has 0 radical (unpaired) electrons. The van der Waals surface area contributed by atoms with Gasteiger partial charge in [0.1, 0.15) is 0 Å². The topological polar surface area (TPSA) is 29.3 Å². The van der Waals surface area contributed by atoms with Crippen LogP contribution in [0.2, 0.25) is 0 Å². The van der Waals surface area contributed by atoms with Crippen LogP contribution in [0.25, 0.3) is 4.96 Å². The van der Waals surface area contributed by atoms with Gasteiger partial charge in [-0.15, -0.1) is 11.3 Å². The van der Waals surface area contributed by atoms with E-state index in [-0.39, 0.29) is 0 Å². The molecule has 1 atom stereocenters. The van der Waals surface area contributed by atoms with Crippen molar-refractivity contribution in [1.82, 2.24) is 14.7 Å². The predicted octanol–water partition coefficient (Wildman–Crippen LogP) is 3.64. The van der Waals surface area contributed by atoms with E-state index in [1.54, 1.807) is 11.3 Å². The van der Waals surface area contributed by atoms with Crippen LogP contribution in [0.3, 0.4) is 0 Å².